The Bertz CT molecular complexity index is 615. The molecule has 3 rings (SSSR count). The minimum atomic E-state index is -1.19. The summed E-state index contributed by atoms with van der Waals surface area (Å²) in [5, 5.41) is 10.2. The average molecular weight is 338 g/mol. The van der Waals surface area contributed by atoms with Gasteiger partial charge in [-0.25, -0.2) is 9.80 Å². The molecule has 8 heteroatoms. The molecule has 1 aromatic carbocycles. The summed E-state index contributed by atoms with van der Waals surface area (Å²) < 4.78 is 11.4. The van der Waals surface area contributed by atoms with E-state index < -0.39 is 12.1 Å². The highest BCUT2D eigenvalue weighted by Gasteiger charge is 2.35. The van der Waals surface area contributed by atoms with Gasteiger partial charge in [0.05, 0.1) is 25.7 Å². The van der Waals surface area contributed by atoms with Gasteiger partial charge in [0.25, 0.3) is 0 Å². The SMILES string of the molecule is COc1ccc(C2CC(=O)NN2C(=O)O)cc1OC1CCCC1.O. The number of ether oxygens (including phenoxy) is 2. The Morgan fingerprint density at radius 2 is 2.00 bits per heavy atom. The molecule has 1 aliphatic heterocycles. The second-order valence-electron chi connectivity index (χ2n) is 5.84. The first-order chi connectivity index (χ1) is 11.1. The summed E-state index contributed by atoms with van der Waals surface area (Å²) in [7, 11) is 1.57. The van der Waals surface area contributed by atoms with E-state index in [2.05, 4.69) is 5.43 Å². The Kier molecular flexibility index (Phi) is 5.50. The van der Waals surface area contributed by atoms with Gasteiger partial charge in [-0.1, -0.05) is 6.07 Å². The van der Waals surface area contributed by atoms with Gasteiger partial charge in [-0.15, -0.1) is 0 Å². The lowest BCUT2D eigenvalue weighted by Crippen LogP contribution is -2.38. The average Bonchev–Trinajstić information content (AvgIpc) is 3.16. The van der Waals surface area contributed by atoms with Crippen LogP contribution in [0.4, 0.5) is 4.79 Å². The van der Waals surface area contributed by atoms with E-state index in [1.54, 1.807) is 25.3 Å². The maximum atomic E-state index is 11.6. The van der Waals surface area contributed by atoms with Gasteiger partial charge in [-0.2, -0.15) is 0 Å². The van der Waals surface area contributed by atoms with Crippen molar-refractivity contribution in [2.45, 2.75) is 44.2 Å². The second-order valence-corrected chi connectivity index (χ2v) is 5.84. The number of carbonyl (C=O) groups is 2. The number of hydrogen-bond acceptors (Lipinski definition) is 4. The summed E-state index contributed by atoms with van der Waals surface area (Å²) in [5.41, 5.74) is 3.05. The van der Waals surface area contributed by atoms with E-state index in [0.29, 0.717) is 17.1 Å². The third kappa shape index (κ3) is 3.53. The van der Waals surface area contributed by atoms with Crippen molar-refractivity contribution < 1.29 is 29.6 Å². The molecule has 2 amide bonds. The number of amides is 2. The topological polar surface area (TPSA) is 120 Å². The first-order valence-electron chi connectivity index (χ1n) is 7.74. The van der Waals surface area contributed by atoms with Crippen molar-refractivity contribution in [3.8, 4) is 11.5 Å². The maximum Gasteiger partial charge on any atom is 0.426 e. The predicted molar refractivity (Wildman–Crippen MR) is 84.9 cm³/mol. The number of hydrogen-bond donors (Lipinski definition) is 2. The quantitative estimate of drug-likeness (QED) is 0.865. The fourth-order valence-electron chi connectivity index (χ4n) is 3.15. The maximum absolute atomic E-state index is 11.6. The van der Waals surface area contributed by atoms with E-state index in [-0.39, 0.29) is 23.9 Å². The lowest BCUT2D eigenvalue weighted by atomic mass is 10.0. The molecule has 1 saturated heterocycles. The molecular formula is C16H22N2O6. The van der Waals surface area contributed by atoms with Crippen LogP contribution in [-0.4, -0.2) is 40.8 Å². The molecule has 0 radical (unpaired) electrons. The zero-order valence-corrected chi connectivity index (χ0v) is 13.4. The van der Waals surface area contributed by atoms with E-state index in [1.165, 1.54) is 0 Å². The Hall–Kier alpha value is -2.48. The fourth-order valence-corrected chi connectivity index (χ4v) is 3.15. The third-order valence-electron chi connectivity index (χ3n) is 4.31. The van der Waals surface area contributed by atoms with Crippen molar-refractivity contribution in [1.29, 1.82) is 0 Å². The Labute approximate surface area is 139 Å². The molecule has 1 aromatic rings. The molecule has 1 atom stereocenters. The van der Waals surface area contributed by atoms with Crippen molar-refractivity contribution in [1.82, 2.24) is 10.4 Å². The van der Waals surface area contributed by atoms with E-state index in [0.717, 1.165) is 30.7 Å². The van der Waals surface area contributed by atoms with E-state index in [4.69, 9.17) is 9.47 Å². The number of nitrogens with zero attached hydrogens (tertiary/aromatic N) is 1. The molecule has 1 aliphatic carbocycles. The molecular weight excluding hydrogens is 316 g/mol. The van der Waals surface area contributed by atoms with Crippen molar-refractivity contribution in [2.24, 2.45) is 0 Å². The number of rotatable bonds is 4. The standard InChI is InChI=1S/C16H20N2O5.H2O/c1-22-13-7-6-10(8-14(13)23-11-4-2-3-5-11)12-9-15(19)17-18(12)16(20)21;/h6-8,11-12H,2-5,9H2,1H3,(H,17,19)(H,20,21);1H2. The van der Waals surface area contributed by atoms with Crippen molar-refractivity contribution in [3.63, 3.8) is 0 Å². The summed E-state index contributed by atoms with van der Waals surface area (Å²) in [6, 6.07) is 4.73. The molecule has 1 heterocycles. The molecule has 0 spiro atoms. The van der Waals surface area contributed by atoms with Gasteiger partial charge in [0.1, 0.15) is 0 Å². The molecule has 4 N–H and O–H groups in total. The zero-order valence-electron chi connectivity index (χ0n) is 13.4. The van der Waals surface area contributed by atoms with E-state index in [9.17, 15) is 14.7 Å². The van der Waals surface area contributed by atoms with Crippen LogP contribution in [0.2, 0.25) is 0 Å². The molecule has 24 heavy (non-hydrogen) atoms. The predicted octanol–water partition coefficient (Wildman–Crippen LogP) is 1.65. The molecule has 1 unspecified atom stereocenters. The third-order valence-corrected chi connectivity index (χ3v) is 4.31. The van der Waals surface area contributed by atoms with E-state index in [1.807, 2.05) is 0 Å². The molecule has 132 valence electrons. The van der Waals surface area contributed by atoms with Crippen LogP contribution in [0.25, 0.3) is 0 Å². The molecule has 8 nitrogen and oxygen atoms in total. The molecule has 0 bridgehead atoms. The van der Waals surface area contributed by atoms with Crippen LogP contribution in [0.1, 0.15) is 43.7 Å². The minimum Gasteiger partial charge on any atom is -0.493 e. The number of carboxylic acid groups (broad SMARTS) is 1. The number of carbonyl (C=O) groups excluding carboxylic acids is 1. The molecule has 2 fully saturated rings. The van der Waals surface area contributed by atoms with E-state index >= 15 is 0 Å². The van der Waals surface area contributed by atoms with Crippen LogP contribution in [0.5, 0.6) is 11.5 Å². The van der Waals surface area contributed by atoms with Gasteiger partial charge >= 0.3 is 6.09 Å². The second kappa shape index (κ2) is 7.39. The largest absolute Gasteiger partial charge is 0.493 e. The molecule has 2 aliphatic rings. The van der Waals surface area contributed by atoms with Gasteiger partial charge in [0.15, 0.2) is 11.5 Å². The first-order valence-corrected chi connectivity index (χ1v) is 7.74. The van der Waals surface area contributed by atoms with Gasteiger partial charge < -0.3 is 20.1 Å². The number of nitrogens with one attached hydrogen (secondary N) is 1. The van der Waals surface area contributed by atoms with Crippen molar-refractivity contribution >= 4 is 12.0 Å². The van der Waals surface area contributed by atoms with Crippen LogP contribution < -0.4 is 14.9 Å². The summed E-state index contributed by atoms with van der Waals surface area (Å²) in [6.07, 6.45) is 3.41. The van der Waals surface area contributed by atoms with Crippen LogP contribution in [0, 0.1) is 0 Å². The van der Waals surface area contributed by atoms with Gasteiger partial charge in [-0.3, -0.25) is 10.2 Å². The normalized spacial score (nSPS) is 20.5. The van der Waals surface area contributed by atoms with Crippen LogP contribution in [-0.2, 0) is 4.79 Å². The first kappa shape index (κ1) is 17.9. The van der Waals surface area contributed by atoms with Crippen molar-refractivity contribution in [2.75, 3.05) is 7.11 Å². The monoisotopic (exact) mass is 338 g/mol. The fraction of sp³-hybridized carbons (Fsp3) is 0.500. The minimum absolute atomic E-state index is 0. The summed E-state index contributed by atoms with van der Waals surface area (Å²) in [6.45, 7) is 0. The number of methoxy groups -OCH3 is 1. The Morgan fingerprint density at radius 3 is 2.62 bits per heavy atom. The highest BCUT2D eigenvalue weighted by atomic mass is 16.5. The molecule has 1 saturated carbocycles. The number of benzene rings is 1. The smallest absolute Gasteiger partial charge is 0.426 e. The lowest BCUT2D eigenvalue weighted by Gasteiger charge is -2.22. The van der Waals surface area contributed by atoms with Crippen LogP contribution >= 0.6 is 0 Å². The molecule has 0 aromatic heterocycles. The van der Waals surface area contributed by atoms with Crippen molar-refractivity contribution in [3.05, 3.63) is 23.8 Å². The zero-order chi connectivity index (χ0) is 16.4. The highest BCUT2D eigenvalue weighted by Crippen LogP contribution is 2.36. The Balaban J connectivity index is 0.00000208. The van der Waals surface area contributed by atoms with Crippen LogP contribution in [0.3, 0.4) is 0 Å². The van der Waals surface area contributed by atoms with Gasteiger partial charge in [0.2, 0.25) is 5.91 Å². The highest BCUT2D eigenvalue weighted by molar-refractivity contribution is 5.83. The van der Waals surface area contributed by atoms with Gasteiger partial charge in [-0.05, 0) is 43.4 Å². The van der Waals surface area contributed by atoms with Gasteiger partial charge in [0, 0.05) is 0 Å². The lowest BCUT2D eigenvalue weighted by molar-refractivity contribution is -0.120. The Morgan fingerprint density at radius 1 is 1.29 bits per heavy atom. The summed E-state index contributed by atoms with van der Waals surface area (Å²) in [4.78, 5) is 22.8. The summed E-state index contributed by atoms with van der Waals surface area (Å²) >= 11 is 0. The van der Waals surface area contributed by atoms with Crippen LogP contribution in [0.15, 0.2) is 18.2 Å². The summed E-state index contributed by atoms with van der Waals surface area (Å²) in [5.74, 6) is 0.896. The number of hydrazine groups is 1.